The minimum Gasteiger partial charge on any atom is -0.468 e. The van der Waals surface area contributed by atoms with Crippen molar-refractivity contribution in [3.8, 4) is 0 Å². The van der Waals surface area contributed by atoms with Gasteiger partial charge in [-0.25, -0.2) is 0 Å². The van der Waals surface area contributed by atoms with Crippen molar-refractivity contribution in [2.75, 3.05) is 20.0 Å². The Bertz CT molecular complexity index is 438. The number of methoxy groups -OCH3 is 2. The lowest BCUT2D eigenvalue weighted by Gasteiger charge is -2.03. The molecule has 0 aromatic heterocycles. The van der Waals surface area contributed by atoms with Gasteiger partial charge >= 0.3 is 11.9 Å². The number of hydrogen-bond donors (Lipinski definition) is 5. The zero-order valence-corrected chi connectivity index (χ0v) is 20.2. The molecule has 0 rings (SSSR count). The van der Waals surface area contributed by atoms with Crippen molar-refractivity contribution in [2.45, 2.75) is 78.0 Å². The van der Waals surface area contributed by atoms with Crippen LogP contribution in [0.15, 0.2) is 0 Å². The number of nitrogens with two attached hydrogens (primary N) is 4. The van der Waals surface area contributed by atoms with E-state index < -0.39 is 18.1 Å². The van der Waals surface area contributed by atoms with Crippen LogP contribution in [0.5, 0.6) is 0 Å². The molecule has 11 heteroatoms. The Balaban J connectivity index is -0.000000151. The average molecular weight is 455 g/mol. The average Bonchev–Trinajstić information content (AvgIpc) is 2.76. The molecule has 0 aliphatic heterocycles. The first kappa shape index (κ1) is 35.9. The van der Waals surface area contributed by atoms with Crippen LogP contribution in [0.2, 0.25) is 0 Å². The number of ether oxygens (including phenoxy) is 2. The molecule has 0 fully saturated rings. The maximum atomic E-state index is 10.4. The molecule has 0 radical (unpaired) electrons. The van der Waals surface area contributed by atoms with E-state index in [0.29, 0.717) is 12.2 Å². The molecule has 0 heterocycles. The molecule has 4 atom stereocenters. The number of carbonyl (C=O) groups excluding carboxylic acids is 4. The summed E-state index contributed by atoms with van der Waals surface area (Å²) in [5.41, 5.74) is 21.0. The highest BCUT2D eigenvalue weighted by molar-refractivity contribution is 7.80. The summed E-state index contributed by atoms with van der Waals surface area (Å²) in [5.74, 6) is -0.287. The largest absolute Gasteiger partial charge is 0.468 e. The summed E-state index contributed by atoms with van der Waals surface area (Å²) >= 11 is 3.78. The molecule has 0 bridgehead atoms. The highest BCUT2D eigenvalue weighted by Crippen LogP contribution is 1.87. The fourth-order valence-electron chi connectivity index (χ4n) is 1.12. The first-order valence-electron chi connectivity index (χ1n) is 9.60. The topological polar surface area (TPSA) is 191 Å². The SMILES string of the molecule is CC[C@@H](N)C(C)=O.CC[C@H](N)C(=O)OC.CC[C@H](N)C(C)=O.COC(=O)[C@H](N)CS. The van der Waals surface area contributed by atoms with Gasteiger partial charge in [0.2, 0.25) is 0 Å². The monoisotopic (exact) mass is 454 g/mol. The van der Waals surface area contributed by atoms with Crippen molar-refractivity contribution in [1.29, 1.82) is 0 Å². The lowest BCUT2D eigenvalue weighted by molar-refractivity contribution is -0.142. The highest BCUT2D eigenvalue weighted by Gasteiger charge is 2.09. The molecular weight excluding hydrogens is 412 g/mol. The van der Waals surface area contributed by atoms with Crippen LogP contribution in [0.25, 0.3) is 0 Å². The lowest BCUT2D eigenvalue weighted by atomic mass is 10.2. The van der Waals surface area contributed by atoms with Crippen molar-refractivity contribution in [1.82, 2.24) is 0 Å². The van der Waals surface area contributed by atoms with Crippen LogP contribution in [-0.2, 0) is 28.7 Å². The van der Waals surface area contributed by atoms with Crippen LogP contribution in [-0.4, -0.2) is 67.6 Å². The van der Waals surface area contributed by atoms with Gasteiger partial charge in [0.25, 0.3) is 0 Å². The molecule has 0 amide bonds. The molecule has 0 aromatic rings. The second-order valence-corrected chi connectivity index (χ2v) is 6.47. The second kappa shape index (κ2) is 23.7. The minimum atomic E-state index is -0.580. The van der Waals surface area contributed by atoms with Gasteiger partial charge in [0.15, 0.2) is 0 Å². The number of Topliss-reactive ketones (excluding diaryl/α,β-unsaturated/α-hetero) is 2. The van der Waals surface area contributed by atoms with Crippen molar-refractivity contribution in [3.63, 3.8) is 0 Å². The number of carbonyl (C=O) groups is 4. The molecule has 180 valence electrons. The fraction of sp³-hybridized carbons (Fsp3) is 0.789. The Morgan fingerprint density at radius 3 is 1.00 bits per heavy atom. The van der Waals surface area contributed by atoms with E-state index in [1.807, 2.05) is 20.8 Å². The van der Waals surface area contributed by atoms with Gasteiger partial charge in [-0.2, -0.15) is 12.6 Å². The Kier molecular flexibility index (Phi) is 28.4. The van der Waals surface area contributed by atoms with Crippen LogP contribution in [0.3, 0.4) is 0 Å². The van der Waals surface area contributed by atoms with E-state index in [9.17, 15) is 19.2 Å². The van der Waals surface area contributed by atoms with E-state index in [1.54, 1.807) is 0 Å². The van der Waals surface area contributed by atoms with Crippen molar-refractivity contribution < 1.29 is 28.7 Å². The standard InChI is InChI=1S/C5H11NO2.2C5H11NO.C4H9NO2S/c1-3-4(6)5(7)8-2;2*1-3-5(6)4(2)7;1-7-4(6)3(5)2-8/h4H,3,6H2,1-2H3;2*5H,3,6H2,1-2H3;3,8H,2,5H2,1H3/t4-;2*5-;3-/m0101/s1. The summed E-state index contributed by atoms with van der Waals surface area (Å²) in [6.07, 6.45) is 2.12. The molecule has 30 heavy (non-hydrogen) atoms. The minimum absolute atomic E-state index is 0.0718. The summed E-state index contributed by atoms with van der Waals surface area (Å²) in [6, 6.07) is -1.50. The maximum Gasteiger partial charge on any atom is 0.323 e. The smallest absolute Gasteiger partial charge is 0.323 e. The Morgan fingerprint density at radius 1 is 0.667 bits per heavy atom. The van der Waals surface area contributed by atoms with Crippen molar-refractivity contribution in [2.24, 2.45) is 22.9 Å². The maximum absolute atomic E-state index is 10.4. The van der Waals surface area contributed by atoms with Crippen LogP contribution < -0.4 is 22.9 Å². The van der Waals surface area contributed by atoms with Gasteiger partial charge in [-0.3, -0.25) is 19.2 Å². The first-order chi connectivity index (χ1) is 13.8. The number of ketones is 2. The van der Waals surface area contributed by atoms with Crippen LogP contribution in [0, 0.1) is 0 Å². The Morgan fingerprint density at radius 2 is 0.933 bits per heavy atom. The molecule has 0 aliphatic rings. The molecule has 10 nitrogen and oxygen atoms in total. The summed E-state index contributed by atoms with van der Waals surface area (Å²) < 4.78 is 8.63. The predicted molar refractivity (Wildman–Crippen MR) is 122 cm³/mol. The van der Waals surface area contributed by atoms with Crippen LogP contribution in [0.1, 0.15) is 53.9 Å². The molecule has 0 spiro atoms. The fourth-order valence-corrected chi connectivity index (χ4v) is 1.27. The van der Waals surface area contributed by atoms with Crippen LogP contribution in [0.4, 0.5) is 0 Å². The van der Waals surface area contributed by atoms with Crippen LogP contribution >= 0.6 is 12.6 Å². The van der Waals surface area contributed by atoms with E-state index in [4.69, 9.17) is 22.9 Å². The summed E-state index contributed by atoms with van der Waals surface area (Å²) in [4.78, 5) is 41.2. The molecule has 0 unspecified atom stereocenters. The summed E-state index contributed by atoms with van der Waals surface area (Å²) in [7, 11) is 2.63. The Labute approximate surface area is 186 Å². The number of hydrogen-bond acceptors (Lipinski definition) is 11. The summed E-state index contributed by atoms with van der Waals surface area (Å²) in [5, 5.41) is 0. The first-order valence-corrected chi connectivity index (χ1v) is 10.2. The van der Waals surface area contributed by atoms with Gasteiger partial charge in [-0.1, -0.05) is 20.8 Å². The molecular formula is C19H42N4O6S. The van der Waals surface area contributed by atoms with Gasteiger partial charge in [-0.05, 0) is 33.1 Å². The second-order valence-electron chi connectivity index (χ2n) is 6.10. The molecule has 0 saturated carbocycles. The quantitative estimate of drug-likeness (QED) is 0.245. The normalized spacial score (nSPS) is 13.2. The molecule has 0 saturated heterocycles. The van der Waals surface area contributed by atoms with Gasteiger partial charge in [-0.15, -0.1) is 0 Å². The number of rotatable bonds is 8. The third-order valence-electron chi connectivity index (χ3n) is 3.57. The van der Waals surface area contributed by atoms with E-state index >= 15 is 0 Å². The van der Waals surface area contributed by atoms with E-state index in [1.165, 1.54) is 28.1 Å². The van der Waals surface area contributed by atoms with Gasteiger partial charge in [0.05, 0.1) is 26.3 Å². The molecule has 0 aromatic carbocycles. The molecule has 8 N–H and O–H groups in total. The number of thiol groups is 1. The highest BCUT2D eigenvalue weighted by atomic mass is 32.1. The van der Waals surface area contributed by atoms with E-state index in [2.05, 4.69) is 22.1 Å². The Hall–Kier alpha value is -1.53. The third-order valence-corrected chi connectivity index (χ3v) is 3.96. The van der Waals surface area contributed by atoms with E-state index in [0.717, 1.165) is 12.8 Å². The van der Waals surface area contributed by atoms with E-state index in [-0.39, 0.29) is 29.6 Å². The molecule has 0 aliphatic carbocycles. The van der Waals surface area contributed by atoms with Gasteiger partial charge in [0.1, 0.15) is 23.7 Å². The van der Waals surface area contributed by atoms with Gasteiger partial charge in [0, 0.05) is 5.75 Å². The number of esters is 2. The van der Waals surface area contributed by atoms with Crippen molar-refractivity contribution in [3.05, 3.63) is 0 Å². The lowest BCUT2D eigenvalue weighted by Crippen LogP contribution is -2.32. The van der Waals surface area contributed by atoms with Crippen molar-refractivity contribution >= 4 is 36.1 Å². The zero-order chi connectivity index (χ0) is 24.9. The van der Waals surface area contributed by atoms with Gasteiger partial charge < -0.3 is 32.4 Å². The third kappa shape index (κ3) is 24.5. The predicted octanol–water partition coefficient (Wildman–Crippen LogP) is -0.0614. The zero-order valence-electron chi connectivity index (χ0n) is 19.3. The summed E-state index contributed by atoms with van der Waals surface area (Å²) in [6.45, 7) is 8.64.